The van der Waals surface area contributed by atoms with Crippen molar-refractivity contribution >= 4 is 17.6 Å². The van der Waals surface area contributed by atoms with Gasteiger partial charge in [0.15, 0.2) is 17.6 Å². The SMILES string of the molecule is COC(=O)c1ccc(O[C@@H](C)C(=O)Nc2ccccc2)c(OC)c1. The minimum atomic E-state index is -0.747. The second kappa shape index (κ2) is 8.01. The summed E-state index contributed by atoms with van der Waals surface area (Å²) in [5.74, 6) is -0.0619. The fraction of sp³-hybridized carbons (Fsp3) is 0.222. The monoisotopic (exact) mass is 329 g/mol. The summed E-state index contributed by atoms with van der Waals surface area (Å²) in [5, 5.41) is 2.76. The highest BCUT2D eigenvalue weighted by atomic mass is 16.5. The highest BCUT2D eigenvalue weighted by molar-refractivity contribution is 5.94. The Kier molecular flexibility index (Phi) is 5.78. The largest absolute Gasteiger partial charge is 0.493 e. The predicted octanol–water partition coefficient (Wildman–Crippen LogP) is 2.89. The van der Waals surface area contributed by atoms with Crippen molar-refractivity contribution < 1.29 is 23.8 Å². The quantitative estimate of drug-likeness (QED) is 0.825. The van der Waals surface area contributed by atoms with Crippen LogP contribution in [0.1, 0.15) is 17.3 Å². The molecule has 0 spiro atoms. The zero-order chi connectivity index (χ0) is 17.5. The van der Waals surface area contributed by atoms with Gasteiger partial charge in [-0.3, -0.25) is 4.79 Å². The van der Waals surface area contributed by atoms with Gasteiger partial charge >= 0.3 is 5.97 Å². The maximum atomic E-state index is 12.2. The number of methoxy groups -OCH3 is 2. The molecule has 0 aliphatic rings. The molecule has 0 bridgehead atoms. The van der Waals surface area contributed by atoms with E-state index in [1.807, 2.05) is 18.2 Å². The van der Waals surface area contributed by atoms with Crippen molar-refractivity contribution in [3.63, 3.8) is 0 Å². The smallest absolute Gasteiger partial charge is 0.337 e. The van der Waals surface area contributed by atoms with Gasteiger partial charge in [-0.15, -0.1) is 0 Å². The zero-order valence-corrected chi connectivity index (χ0v) is 13.7. The number of esters is 1. The highest BCUT2D eigenvalue weighted by Gasteiger charge is 2.18. The van der Waals surface area contributed by atoms with Gasteiger partial charge in [-0.25, -0.2) is 4.79 Å². The van der Waals surface area contributed by atoms with Crippen LogP contribution >= 0.6 is 0 Å². The molecule has 1 atom stereocenters. The minimum Gasteiger partial charge on any atom is -0.493 e. The Balaban J connectivity index is 2.09. The Labute approximate surface area is 140 Å². The van der Waals surface area contributed by atoms with Crippen molar-refractivity contribution in [1.29, 1.82) is 0 Å². The second-order valence-corrected chi connectivity index (χ2v) is 4.97. The van der Waals surface area contributed by atoms with Crippen molar-refractivity contribution in [2.45, 2.75) is 13.0 Å². The van der Waals surface area contributed by atoms with Crippen LogP contribution in [-0.2, 0) is 9.53 Å². The third kappa shape index (κ3) is 4.25. The fourth-order valence-corrected chi connectivity index (χ4v) is 2.02. The van der Waals surface area contributed by atoms with E-state index >= 15 is 0 Å². The number of hydrogen-bond donors (Lipinski definition) is 1. The van der Waals surface area contributed by atoms with E-state index in [-0.39, 0.29) is 5.91 Å². The van der Waals surface area contributed by atoms with Crippen LogP contribution < -0.4 is 14.8 Å². The molecule has 0 aliphatic carbocycles. The van der Waals surface area contributed by atoms with Gasteiger partial charge in [0.05, 0.1) is 19.8 Å². The number of carbonyl (C=O) groups excluding carboxylic acids is 2. The molecule has 2 rings (SSSR count). The van der Waals surface area contributed by atoms with Gasteiger partial charge in [0.2, 0.25) is 0 Å². The molecule has 1 N–H and O–H groups in total. The average molecular weight is 329 g/mol. The van der Waals surface area contributed by atoms with E-state index in [2.05, 4.69) is 10.1 Å². The molecule has 126 valence electrons. The molecule has 24 heavy (non-hydrogen) atoms. The normalized spacial score (nSPS) is 11.3. The van der Waals surface area contributed by atoms with Crippen molar-refractivity contribution in [1.82, 2.24) is 0 Å². The second-order valence-electron chi connectivity index (χ2n) is 4.97. The Morgan fingerprint density at radius 1 is 1.00 bits per heavy atom. The van der Waals surface area contributed by atoms with E-state index < -0.39 is 12.1 Å². The van der Waals surface area contributed by atoms with Crippen molar-refractivity contribution in [2.24, 2.45) is 0 Å². The molecule has 0 fully saturated rings. The van der Waals surface area contributed by atoms with Gasteiger partial charge in [0, 0.05) is 5.69 Å². The molecule has 2 aromatic carbocycles. The summed E-state index contributed by atoms with van der Waals surface area (Å²) in [7, 11) is 2.76. The third-order valence-electron chi connectivity index (χ3n) is 3.30. The number of ether oxygens (including phenoxy) is 3. The van der Waals surface area contributed by atoms with Gasteiger partial charge in [0.25, 0.3) is 5.91 Å². The Morgan fingerprint density at radius 3 is 2.33 bits per heavy atom. The first kappa shape index (κ1) is 17.3. The molecular weight excluding hydrogens is 310 g/mol. The number of anilines is 1. The van der Waals surface area contributed by atoms with Crippen LogP contribution in [0.5, 0.6) is 11.5 Å². The van der Waals surface area contributed by atoms with E-state index in [9.17, 15) is 9.59 Å². The molecule has 0 unspecified atom stereocenters. The molecule has 1 amide bonds. The number of amides is 1. The summed E-state index contributed by atoms with van der Waals surface area (Å²) >= 11 is 0. The van der Waals surface area contributed by atoms with Crippen molar-refractivity contribution in [2.75, 3.05) is 19.5 Å². The fourth-order valence-electron chi connectivity index (χ4n) is 2.02. The molecule has 0 aromatic heterocycles. The van der Waals surface area contributed by atoms with E-state index in [0.717, 1.165) is 0 Å². The van der Waals surface area contributed by atoms with Crippen LogP contribution in [-0.4, -0.2) is 32.2 Å². The van der Waals surface area contributed by atoms with E-state index in [1.54, 1.807) is 31.2 Å². The van der Waals surface area contributed by atoms with Crippen LogP contribution in [0.25, 0.3) is 0 Å². The van der Waals surface area contributed by atoms with E-state index in [1.165, 1.54) is 20.3 Å². The topological polar surface area (TPSA) is 73.9 Å². The van der Waals surface area contributed by atoms with E-state index in [4.69, 9.17) is 9.47 Å². The van der Waals surface area contributed by atoms with Gasteiger partial charge < -0.3 is 19.5 Å². The highest BCUT2D eigenvalue weighted by Crippen LogP contribution is 2.29. The van der Waals surface area contributed by atoms with Gasteiger partial charge in [-0.2, -0.15) is 0 Å². The molecule has 0 aliphatic heterocycles. The zero-order valence-electron chi connectivity index (χ0n) is 13.7. The number of benzene rings is 2. The first-order valence-electron chi connectivity index (χ1n) is 7.34. The lowest BCUT2D eigenvalue weighted by atomic mass is 10.2. The first-order chi connectivity index (χ1) is 11.5. The minimum absolute atomic E-state index is 0.291. The summed E-state index contributed by atoms with van der Waals surface area (Å²) in [5.41, 5.74) is 1.02. The number of carbonyl (C=O) groups is 2. The predicted molar refractivity (Wildman–Crippen MR) is 89.5 cm³/mol. The van der Waals surface area contributed by atoms with E-state index in [0.29, 0.717) is 22.7 Å². The standard InChI is InChI=1S/C18H19NO5/c1-12(17(20)19-14-7-5-4-6-8-14)24-15-10-9-13(18(21)23-3)11-16(15)22-2/h4-12H,1-3H3,(H,19,20)/t12-/m0/s1. The maximum absolute atomic E-state index is 12.2. The molecule has 0 radical (unpaired) electrons. The van der Waals surface area contributed by atoms with Gasteiger partial charge in [0.1, 0.15) is 0 Å². The Bertz CT molecular complexity index is 715. The molecule has 0 saturated carbocycles. The number of nitrogens with one attached hydrogen (secondary N) is 1. The lowest BCUT2D eigenvalue weighted by molar-refractivity contribution is -0.122. The van der Waals surface area contributed by atoms with Crippen LogP contribution in [0.15, 0.2) is 48.5 Å². The maximum Gasteiger partial charge on any atom is 0.337 e. The van der Waals surface area contributed by atoms with Gasteiger partial charge in [-0.1, -0.05) is 18.2 Å². The number of rotatable bonds is 6. The molecule has 2 aromatic rings. The lowest BCUT2D eigenvalue weighted by Crippen LogP contribution is -2.30. The third-order valence-corrected chi connectivity index (χ3v) is 3.30. The average Bonchev–Trinajstić information content (AvgIpc) is 2.62. The van der Waals surface area contributed by atoms with Crippen LogP contribution in [0, 0.1) is 0 Å². The molecule has 0 saturated heterocycles. The summed E-state index contributed by atoms with van der Waals surface area (Å²) in [6, 6.07) is 13.7. The van der Waals surface area contributed by atoms with Gasteiger partial charge in [-0.05, 0) is 37.3 Å². The summed E-state index contributed by atoms with van der Waals surface area (Å²) in [4.78, 5) is 23.7. The summed E-state index contributed by atoms with van der Waals surface area (Å²) in [6.45, 7) is 1.63. The summed E-state index contributed by atoms with van der Waals surface area (Å²) in [6.07, 6.45) is -0.747. The van der Waals surface area contributed by atoms with Crippen LogP contribution in [0.2, 0.25) is 0 Å². The number of para-hydroxylation sites is 1. The molecule has 0 heterocycles. The van der Waals surface area contributed by atoms with Crippen molar-refractivity contribution in [3.8, 4) is 11.5 Å². The molecule has 6 heteroatoms. The lowest BCUT2D eigenvalue weighted by Gasteiger charge is -2.17. The number of hydrogen-bond acceptors (Lipinski definition) is 5. The van der Waals surface area contributed by atoms with Crippen LogP contribution in [0.4, 0.5) is 5.69 Å². The Morgan fingerprint density at radius 2 is 1.71 bits per heavy atom. The molecular formula is C18H19NO5. The van der Waals surface area contributed by atoms with Crippen LogP contribution in [0.3, 0.4) is 0 Å². The first-order valence-corrected chi connectivity index (χ1v) is 7.34. The molecule has 6 nitrogen and oxygen atoms in total. The Hall–Kier alpha value is -3.02. The summed E-state index contributed by atoms with van der Waals surface area (Å²) < 4.78 is 15.5. The van der Waals surface area contributed by atoms with Crippen molar-refractivity contribution in [3.05, 3.63) is 54.1 Å².